The van der Waals surface area contributed by atoms with Gasteiger partial charge in [-0.3, -0.25) is 0 Å². The molecule has 5 heteroatoms. The SMILES string of the molecule is CC(C)(C)[N-]C(C)(C)C.CN(C)CCC[N-][Si](C)(C)C.[Co+3]. The normalized spacial score (nSPS) is 12.6. The molecule has 0 N–H and O–H groups in total. The Morgan fingerprint density at radius 2 is 1.24 bits per heavy atom. The maximum Gasteiger partial charge on any atom is 3.00 e. The molecule has 0 saturated heterocycles. The van der Waals surface area contributed by atoms with Gasteiger partial charge in [0.25, 0.3) is 0 Å². The number of hydrogen-bond acceptors (Lipinski definition) is 1. The third kappa shape index (κ3) is 33.4. The van der Waals surface area contributed by atoms with Crippen LogP contribution in [0.4, 0.5) is 0 Å². The minimum Gasteiger partial charge on any atom is -0.665 e. The minimum absolute atomic E-state index is 0. The van der Waals surface area contributed by atoms with E-state index in [0.717, 1.165) is 13.1 Å². The first kappa shape index (κ1) is 26.5. The van der Waals surface area contributed by atoms with Gasteiger partial charge in [-0.15, -0.1) is 17.6 Å². The summed E-state index contributed by atoms with van der Waals surface area (Å²) in [5, 5.41) is 4.54. The van der Waals surface area contributed by atoms with Crippen LogP contribution in [0.3, 0.4) is 0 Å². The summed E-state index contributed by atoms with van der Waals surface area (Å²) in [7, 11) is 3.09. The Hall–Kier alpha value is 0.603. The van der Waals surface area contributed by atoms with Crippen LogP contribution in [0.2, 0.25) is 19.6 Å². The van der Waals surface area contributed by atoms with Crippen LogP contribution >= 0.6 is 0 Å². The van der Waals surface area contributed by atoms with Crippen LogP contribution in [0.1, 0.15) is 48.0 Å². The van der Waals surface area contributed by atoms with Crippen molar-refractivity contribution in [3.05, 3.63) is 10.3 Å². The molecule has 0 unspecified atom stereocenters. The van der Waals surface area contributed by atoms with Gasteiger partial charge >= 0.3 is 16.8 Å². The molecule has 0 aliphatic carbocycles. The zero-order chi connectivity index (χ0) is 16.6. The molecule has 0 spiro atoms. The van der Waals surface area contributed by atoms with Crippen LogP contribution in [0.25, 0.3) is 10.3 Å². The van der Waals surface area contributed by atoms with E-state index in [2.05, 4.69) is 90.5 Å². The fourth-order valence-corrected chi connectivity index (χ4v) is 2.64. The van der Waals surface area contributed by atoms with Crippen LogP contribution in [-0.2, 0) is 16.8 Å². The van der Waals surface area contributed by atoms with Crippen molar-refractivity contribution in [2.75, 3.05) is 27.2 Å². The summed E-state index contributed by atoms with van der Waals surface area (Å²) < 4.78 is 0. The summed E-state index contributed by atoms with van der Waals surface area (Å²) in [5.41, 5.74) is 0.219. The van der Waals surface area contributed by atoms with Crippen molar-refractivity contribution in [3.8, 4) is 0 Å². The molecule has 130 valence electrons. The predicted molar refractivity (Wildman–Crippen MR) is 97.6 cm³/mol. The second-order valence-electron chi connectivity index (χ2n) is 8.66. The largest absolute Gasteiger partial charge is 3.00 e. The standard InChI is InChI=1S/C8H21N2Si.C8H18N.Co/c1-10(2)8-6-7-9-11(3,4)5;1-7(2,3)9-8(4,5)6;/h6-8H2,1-5H3;1-6H3;/q2*-1;+3. The Morgan fingerprint density at radius 1 is 0.857 bits per heavy atom. The van der Waals surface area contributed by atoms with E-state index in [9.17, 15) is 0 Å². The van der Waals surface area contributed by atoms with E-state index in [-0.39, 0.29) is 27.9 Å². The van der Waals surface area contributed by atoms with Gasteiger partial charge in [0, 0.05) is 0 Å². The number of hydrogen-bond donors (Lipinski definition) is 0. The van der Waals surface area contributed by atoms with Crippen molar-refractivity contribution in [2.24, 2.45) is 0 Å². The predicted octanol–water partition coefficient (Wildman–Crippen LogP) is 5.10. The van der Waals surface area contributed by atoms with E-state index in [4.69, 9.17) is 0 Å². The summed E-state index contributed by atoms with van der Waals surface area (Å²) in [6.07, 6.45) is 1.21. The Labute approximate surface area is 146 Å². The smallest absolute Gasteiger partial charge is 0.665 e. The van der Waals surface area contributed by atoms with Gasteiger partial charge in [0.05, 0.1) is 0 Å². The van der Waals surface area contributed by atoms with E-state index in [1.54, 1.807) is 0 Å². The molecule has 0 rings (SSSR count). The molecule has 0 bridgehead atoms. The van der Waals surface area contributed by atoms with Gasteiger partial charge in [0.2, 0.25) is 0 Å². The van der Waals surface area contributed by atoms with E-state index in [0.29, 0.717) is 0 Å². The zero-order valence-electron chi connectivity index (χ0n) is 16.3. The van der Waals surface area contributed by atoms with Gasteiger partial charge in [-0.2, -0.15) is 0 Å². The van der Waals surface area contributed by atoms with Gasteiger partial charge in [-0.25, -0.2) is 0 Å². The van der Waals surface area contributed by atoms with Crippen LogP contribution in [0.15, 0.2) is 0 Å². The molecular weight excluding hydrogens is 321 g/mol. The van der Waals surface area contributed by atoms with Crippen LogP contribution in [0.5, 0.6) is 0 Å². The number of rotatable bonds is 5. The first-order valence-electron chi connectivity index (χ1n) is 7.70. The van der Waals surface area contributed by atoms with E-state index in [1.807, 2.05) is 0 Å². The molecule has 0 aromatic heterocycles. The Kier molecular flexibility index (Phi) is 14.1. The molecule has 21 heavy (non-hydrogen) atoms. The molecule has 0 fully saturated rings. The maximum absolute atomic E-state index is 4.64. The maximum atomic E-state index is 4.64. The molecule has 0 amide bonds. The monoisotopic (exact) mass is 360 g/mol. The van der Waals surface area contributed by atoms with Crippen molar-refractivity contribution >= 4 is 8.24 Å². The third-order valence-corrected chi connectivity index (χ3v) is 3.19. The molecule has 0 radical (unpaired) electrons. The van der Waals surface area contributed by atoms with E-state index in [1.165, 1.54) is 6.42 Å². The zero-order valence-corrected chi connectivity index (χ0v) is 18.3. The van der Waals surface area contributed by atoms with Crippen molar-refractivity contribution in [1.29, 1.82) is 0 Å². The van der Waals surface area contributed by atoms with E-state index < -0.39 is 8.24 Å². The van der Waals surface area contributed by atoms with Crippen LogP contribution in [-0.4, -0.2) is 51.4 Å². The van der Waals surface area contributed by atoms with Gasteiger partial charge in [0.1, 0.15) is 0 Å². The molecule has 0 heterocycles. The van der Waals surface area contributed by atoms with Gasteiger partial charge in [0.15, 0.2) is 0 Å². The van der Waals surface area contributed by atoms with Crippen molar-refractivity contribution in [3.63, 3.8) is 0 Å². The van der Waals surface area contributed by atoms with Crippen LogP contribution < -0.4 is 0 Å². The average Bonchev–Trinajstić information content (AvgIpc) is 2.05. The minimum atomic E-state index is -1.12. The van der Waals surface area contributed by atoms with Gasteiger partial charge < -0.3 is 15.2 Å². The van der Waals surface area contributed by atoms with Gasteiger partial charge in [-0.05, 0) is 20.6 Å². The summed E-state index contributed by atoms with van der Waals surface area (Å²) in [6.45, 7) is 21.8. The number of nitrogens with zero attached hydrogens (tertiary/aromatic N) is 3. The Bertz CT molecular complexity index is 225. The average molecular weight is 361 g/mol. The summed E-state index contributed by atoms with van der Waals surface area (Å²) in [6, 6.07) is 0. The van der Waals surface area contributed by atoms with Crippen LogP contribution in [0, 0.1) is 0 Å². The fourth-order valence-electron chi connectivity index (χ4n) is 1.81. The summed E-state index contributed by atoms with van der Waals surface area (Å²) >= 11 is 0. The topological polar surface area (TPSA) is 31.4 Å². The molecule has 0 aliphatic heterocycles. The first-order chi connectivity index (χ1) is 8.62. The third-order valence-electron chi connectivity index (χ3n) is 2.02. The second kappa shape index (κ2) is 11.2. The Morgan fingerprint density at radius 3 is 1.43 bits per heavy atom. The molecule has 0 atom stereocenters. The molecule has 0 aromatic carbocycles. The van der Waals surface area contributed by atoms with Crippen molar-refractivity contribution in [1.82, 2.24) is 4.90 Å². The Balaban J connectivity index is -0.000000300. The molecule has 0 saturated carbocycles. The fraction of sp³-hybridized carbons (Fsp3) is 1.00. The van der Waals surface area contributed by atoms with Crippen molar-refractivity contribution in [2.45, 2.75) is 78.7 Å². The second-order valence-corrected chi connectivity index (χ2v) is 13.3. The van der Waals surface area contributed by atoms with Crippen molar-refractivity contribution < 1.29 is 16.8 Å². The quantitative estimate of drug-likeness (QED) is 0.496. The summed E-state index contributed by atoms with van der Waals surface area (Å²) in [5.74, 6) is 0. The van der Waals surface area contributed by atoms with Gasteiger partial charge in [-0.1, -0.05) is 75.8 Å². The molecule has 3 nitrogen and oxygen atoms in total. The molecule has 0 aromatic rings. The first-order valence-corrected chi connectivity index (χ1v) is 11.1. The molecule has 0 aliphatic rings. The summed E-state index contributed by atoms with van der Waals surface area (Å²) in [4.78, 5) is 6.85. The molecular formula is C16H39CoN3Si+. The van der Waals surface area contributed by atoms with E-state index >= 15 is 0 Å².